The summed E-state index contributed by atoms with van der Waals surface area (Å²) in [6.45, 7) is 10.2. The van der Waals surface area contributed by atoms with Crippen LogP contribution in [0.4, 0.5) is 5.69 Å². The Morgan fingerprint density at radius 2 is 1.90 bits per heavy atom. The SMILES string of the molecule is CCNCc1nc(C(C)C)ncc1N(C)CCCN(C)C. The lowest BCUT2D eigenvalue weighted by Crippen LogP contribution is -2.26. The molecule has 0 saturated heterocycles. The normalized spacial score (nSPS) is 11.4. The molecule has 1 heterocycles. The first-order valence-electron chi connectivity index (χ1n) is 7.88. The number of nitrogens with one attached hydrogen (secondary N) is 1. The number of aromatic nitrogens is 2. The predicted octanol–water partition coefficient (Wildman–Crippen LogP) is 2.10. The summed E-state index contributed by atoms with van der Waals surface area (Å²) in [5, 5.41) is 3.38. The maximum Gasteiger partial charge on any atom is 0.131 e. The first kappa shape index (κ1) is 17.9. The molecule has 0 bridgehead atoms. The van der Waals surface area contributed by atoms with Gasteiger partial charge in [0.15, 0.2) is 0 Å². The summed E-state index contributed by atoms with van der Waals surface area (Å²) in [4.78, 5) is 13.7. The lowest BCUT2D eigenvalue weighted by molar-refractivity contribution is 0.401. The molecule has 0 aliphatic heterocycles. The minimum Gasteiger partial charge on any atom is -0.372 e. The Bertz CT molecular complexity index is 417. The van der Waals surface area contributed by atoms with Crippen LogP contribution in [0.25, 0.3) is 0 Å². The third kappa shape index (κ3) is 5.98. The minimum absolute atomic E-state index is 0.360. The van der Waals surface area contributed by atoms with E-state index in [1.165, 1.54) is 0 Å². The predicted molar refractivity (Wildman–Crippen MR) is 89.9 cm³/mol. The van der Waals surface area contributed by atoms with Crippen molar-refractivity contribution in [3.05, 3.63) is 17.7 Å². The summed E-state index contributed by atoms with van der Waals surface area (Å²) in [7, 11) is 6.34. The van der Waals surface area contributed by atoms with Gasteiger partial charge in [0.2, 0.25) is 0 Å². The Kier molecular flexibility index (Phi) is 7.61. The van der Waals surface area contributed by atoms with Crippen LogP contribution in [0.15, 0.2) is 6.20 Å². The standard InChI is InChI=1S/C16H31N5/c1-7-17-11-14-15(12-18-16(19-14)13(2)3)21(6)10-8-9-20(4)5/h12-13,17H,7-11H2,1-6H3. The second-order valence-corrected chi connectivity index (χ2v) is 6.07. The summed E-state index contributed by atoms with van der Waals surface area (Å²) in [5.74, 6) is 1.28. The van der Waals surface area contributed by atoms with Crippen molar-refractivity contribution >= 4 is 5.69 Å². The summed E-state index contributed by atoms with van der Waals surface area (Å²) >= 11 is 0. The fourth-order valence-corrected chi connectivity index (χ4v) is 2.14. The van der Waals surface area contributed by atoms with Crippen molar-refractivity contribution in [2.75, 3.05) is 45.7 Å². The molecule has 1 aromatic heterocycles. The molecule has 0 aliphatic carbocycles. The topological polar surface area (TPSA) is 44.3 Å². The number of anilines is 1. The first-order valence-corrected chi connectivity index (χ1v) is 7.88. The number of nitrogens with zero attached hydrogens (tertiary/aromatic N) is 4. The van der Waals surface area contributed by atoms with Crippen LogP contribution in [0, 0.1) is 0 Å². The van der Waals surface area contributed by atoms with Crippen molar-refractivity contribution in [2.45, 2.75) is 39.7 Å². The molecule has 21 heavy (non-hydrogen) atoms. The van der Waals surface area contributed by atoms with Crippen LogP contribution in [0.5, 0.6) is 0 Å². The fraction of sp³-hybridized carbons (Fsp3) is 0.750. The van der Waals surface area contributed by atoms with Crippen LogP contribution in [-0.2, 0) is 6.54 Å². The van der Waals surface area contributed by atoms with Gasteiger partial charge in [-0.15, -0.1) is 0 Å². The molecule has 1 N–H and O–H groups in total. The Morgan fingerprint density at radius 3 is 2.48 bits per heavy atom. The molecule has 0 atom stereocenters. The van der Waals surface area contributed by atoms with Crippen molar-refractivity contribution in [1.82, 2.24) is 20.2 Å². The van der Waals surface area contributed by atoms with Gasteiger partial charge in [-0.2, -0.15) is 0 Å². The number of hydrogen-bond donors (Lipinski definition) is 1. The molecular formula is C16H31N5. The molecule has 0 aliphatic rings. The molecule has 5 nitrogen and oxygen atoms in total. The van der Waals surface area contributed by atoms with E-state index in [-0.39, 0.29) is 0 Å². The highest BCUT2D eigenvalue weighted by Crippen LogP contribution is 2.19. The van der Waals surface area contributed by atoms with Gasteiger partial charge < -0.3 is 15.1 Å². The number of rotatable bonds is 9. The third-order valence-corrected chi connectivity index (χ3v) is 3.43. The van der Waals surface area contributed by atoms with Crippen LogP contribution in [-0.4, -0.2) is 55.6 Å². The quantitative estimate of drug-likeness (QED) is 0.755. The molecule has 0 fully saturated rings. The van der Waals surface area contributed by atoms with Gasteiger partial charge in [0.05, 0.1) is 17.6 Å². The molecular weight excluding hydrogens is 262 g/mol. The molecule has 120 valence electrons. The summed E-state index contributed by atoms with van der Waals surface area (Å²) in [5.41, 5.74) is 2.24. The van der Waals surface area contributed by atoms with E-state index in [0.29, 0.717) is 5.92 Å². The Labute approximate surface area is 129 Å². The van der Waals surface area contributed by atoms with E-state index in [0.717, 1.165) is 49.8 Å². The third-order valence-electron chi connectivity index (χ3n) is 3.43. The fourth-order valence-electron chi connectivity index (χ4n) is 2.14. The summed E-state index contributed by atoms with van der Waals surface area (Å²) in [6.07, 6.45) is 3.11. The number of hydrogen-bond acceptors (Lipinski definition) is 5. The van der Waals surface area contributed by atoms with Gasteiger partial charge in [0.25, 0.3) is 0 Å². The van der Waals surface area contributed by atoms with E-state index in [9.17, 15) is 0 Å². The highest BCUT2D eigenvalue weighted by Gasteiger charge is 2.12. The highest BCUT2D eigenvalue weighted by molar-refractivity contribution is 5.48. The van der Waals surface area contributed by atoms with Gasteiger partial charge in [-0.1, -0.05) is 20.8 Å². The van der Waals surface area contributed by atoms with Crippen molar-refractivity contribution in [2.24, 2.45) is 0 Å². The first-order chi connectivity index (χ1) is 9.95. The van der Waals surface area contributed by atoms with E-state index < -0.39 is 0 Å². The molecule has 1 rings (SSSR count). The lowest BCUT2D eigenvalue weighted by Gasteiger charge is -2.23. The molecule has 0 spiro atoms. The van der Waals surface area contributed by atoms with E-state index in [1.807, 2.05) is 6.20 Å². The maximum atomic E-state index is 4.75. The van der Waals surface area contributed by atoms with Crippen LogP contribution in [0.1, 0.15) is 44.6 Å². The van der Waals surface area contributed by atoms with E-state index in [1.54, 1.807) is 0 Å². The van der Waals surface area contributed by atoms with Crippen LogP contribution >= 0.6 is 0 Å². The van der Waals surface area contributed by atoms with Gasteiger partial charge in [0.1, 0.15) is 5.82 Å². The molecule has 1 aromatic rings. The van der Waals surface area contributed by atoms with Crippen LogP contribution in [0.2, 0.25) is 0 Å². The van der Waals surface area contributed by atoms with E-state index >= 15 is 0 Å². The summed E-state index contributed by atoms with van der Waals surface area (Å²) < 4.78 is 0. The van der Waals surface area contributed by atoms with Crippen molar-refractivity contribution in [3.8, 4) is 0 Å². The monoisotopic (exact) mass is 293 g/mol. The molecule has 0 radical (unpaired) electrons. The average Bonchev–Trinajstić information content (AvgIpc) is 2.44. The van der Waals surface area contributed by atoms with Crippen LogP contribution in [0.3, 0.4) is 0 Å². The Hall–Kier alpha value is -1.20. The molecule has 5 heteroatoms. The molecule has 0 unspecified atom stereocenters. The molecule has 0 saturated carbocycles. The van der Waals surface area contributed by atoms with Gasteiger partial charge in [-0.3, -0.25) is 0 Å². The largest absolute Gasteiger partial charge is 0.372 e. The lowest BCUT2D eigenvalue weighted by atomic mass is 10.2. The van der Waals surface area contributed by atoms with Gasteiger partial charge in [0, 0.05) is 26.1 Å². The zero-order chi connectivity index (χ0) is 15.8. The summed E-state index contributed by atoms with van der Waals surface area (Å²) in [6, 6.07) is 0. The highest BCUT2D eigenvalue weighted by atomic mass is 15.1. The average molecular weight is 293 g/mol. The molecule has 0 aromatic carbocycles. The van der Waals surface area contributed by atoms with E-state index in [2.05, 4.69) is 62.0 Å². The van der Waals surface area contributed by atoms with Gasteiger partial charge in [-0.25, -0.2) is 9.97 Å². The second kappa shape index (κ2) is 8.95. The zero-order valence-corrected chi connectivity index (χ0v) is 14.5. The Morgan fingerprint density at radius 1 is 1.19 bits per heavy atom. The Balaban J connectivity index is 2.82. The minimum atomic E-state index is 0.360. The van der Waals surface area contributed by atoms with Crippen molar-refractivity contribution in [1.29, 1.82) is 0 Å². The van der Waals surface area contributed by atoms with Gasteiger partial charge >= 0.3 is 0 Å². The van der Waals surface area contributed by atoms with Crippen molar-refractivity contribution in [3.63, 3.8) is 0 Å². The van der Waals surface area contributed by atoms with Gasteiger partial charge in [-0.05, 0) is 33.6 Å². The van der Waals surface area contributed by atoms with Crippen molar-refractivity contribution < 1.29 is 0 Å². The second-order valence-electron chi connectivity index (χ2n) is 6.07. The van der Waals surface area contributed by atoms with Crippen LogP contribution < -0.4 is 10.2 Å². The zero-order valence-electron chi connectivity index (χ0n) is 14.5. The maximum absolute atomic E-state index is 4.75. The smallest absolute Gasteiger partial charge is 0.131 e. The molecule has 0 amide bonds. The van der Waals surface area contributed by atoms with E-state index in [4.69, 9.17) is 4.98 Å².